The molecule has 1 aromatic rings. The number of thioether (sulfide) groups is 1. The fourth-order valence-corrected chi connectivity index (χ4v) is 2.78. The van der Waals surface area contributed by atoms with Gasteiger partial charge in [0, 0.05) is 0 Å². The number of nitrogens with zero attached hydrogens (tertiary/aromatic N) is 1. The highest BCUT2D eigenvalue weighted by atomic mass is 32.2. The van der Waals surface area contributed by atoms with Gasteiger partial charge in [-0.15, -0.1) is 11.3 Å². The molecule has 3 nitrogen and oxygen atoms in total. The summed E-state index contributed by atoms with van der Waals surface area (Å²) in [5, 5.41) is 0. The topological polar surface area (TPSA) is 39.2 Å². The average Bonchev–Trinajstić information content (AvgIpc) is 2.56. The highest BCUT2D eigenvalue weighted by molar-refractivity contribution is 8.03. The third-order valence-corrected chi connectivity index (χ3v) is 3.48. The molecule has 0 atom stereocenters. The lowest BCUT2D eigenvalue weighted by Gasteiger charge is -2.20. The minimum Gasteiger partial charge on any atom is -0.465 e. The Bertz CT molecular complexity index is 296. The van der Waals surface area contributed by atoms with Crippen molar-refractivity contribution in [3.05, 3.63) is 11.7 Å². The number of ether oxygens (including phenoxy) is 1. The molecule has 0 aromatic carbocycles. The van der Waals surface area contributed by atoms with Crippen LogP contribution in [0.3, 0.4) is 0 Å². The lowest BCUT2D eigenvalue weighted by Crippen LogP contribution is -2.29. The molecule has 0 aliphatic rings. The number of rotatable bonds is 4. The fraction of sp³-hybridized carbons (Fsp3) is 0.556. The fourth-order valence-electron chi connectivity index (χ4n) is 0.822. The summed E-state index contributed by atoms with van der Waals surface area (Å²) < 4.78 is 5.39. The van der Waals surface area contributed by atoms with Crippen molar-refractivity contribution in [3.63, 3.8) is 0 Å². The molecule has 0 spiro atoms. The van der Waals surface area contributed by atoms with Crippen LogP contribution in [0.5, 0.6) is 0 Å². The Morgan fingerprint density at radius 1 is 1.79 bits per heavy atom. The van der Waals surface area contributed by atoms with Crippen molar-refractivity contribution in [1.82, 2.24) is 4.98 Å². The normalized spacial score (nSPS) is 11.4. The minimum atomic E-state index is -0.559. The maximum atomic E-state index is 11.5. The number of hydrogen-bond acceptors (Lipinski definition) is 5. The van der Waals surface area contributed by atoms with Crippen molar-refractivity contribution >= 4 is 29.1 Å². The molecule has 0 fully saturated rings. The Morgan fingerprint density at radius 2 is 2.50 bits per heavy atom. The molecule has 0 saturated carbocycles. The molecule has 0 N–H and O–H groups in total. The summed E-state index contributed by atoms with van der Waals surface area (Å²) in [5.41, 5.74) is 2.74. The maximum absolute atomic E-state index is 11.5. The van der Waals surface area contributed by atoms with E-state index in [9.17, 15) is 4.79 Å². The van der Waals surface area contributed by atoms with Gasteiger partial charge in [-0.05, 0) is 20.8 Å². The molecule has 0 bridgehead atoms. The van der Waals surface area contributed by atoms with Gasteiger partial charge in [-0.1, -0.05) is 11.8 Å². The van der Waals surface area contributed by atoms with Crippen LogP contribution in [0.25, 0.3) is 0 Å². The first-order chi connectivity index (χ1) is 6.56. The van der Waals surface area contributed by atoms with Crippen molar-refractivity contribution in [2.75, 3.05) is 6.61 Å². The van der Waals surface area contributed by atoms with E-state index in [-0.39, 0.29) is 5.97 Å². The second-order valence-corrected chi connectivity index (χ2v) is 5.85. The predicted molar refractivity (Wildman–Crippen MR) is 57.5 cm³/mol. The molecule has 77 valence electrons. The van der Waals surface area contributed by atoms with E-state index >= 15 is 0 Å². The highest BCUT2D eigenvalue weighted by Gasteiger charge is 2.30. The first-order valence-corrected chi connectivity index (χ1v) is 5.87. The predicted octanol–water partition coefficient (Wildman–Crippen LogP) is 2.38. The van der Waals surface area contributed by atoms with Crippen LogP contribution in [-0.2, 0) is 9.53 Å². The summed E-state index contributed by atoms with van der Waals surface area (Å²) in [5.74, 6) is -0.196. The van der Waals surface area contributed by atoms with Gasteiger partial charge in [-0.2, -0.15) is 0 Å². The average molecular weight is 230 g/mol. The molecule has 0 amide bonds. The number of thiazole rings is 1. The highest BCUT2D eigenvalue weighted by Crippen LogP contribution is 2.35. The third-order valence-electron chi connectivity index (χ3n) is 1.49. The first-order valence-electron chi connectivity index (χ1n) is 4.24. The molecule has 5 heteroatoms. The smallest absolute Gasteiger partial charge is 0.322 e. The summed E-state index contributed by atoms with van der Waals surface area (Å²) >= 11 is 2.86. The van der Waals surface area contributed by atoms with Gasteiger partial charge in [-0.3, -0.25) is 4.79 Å². The zero-order chi connectivity index (χ0) is 10.6. The number of esters is 1. The molecule has 1 heterocycles. The van der Waals surface area contributed by atoms with E-state index in [4.69, 9.17) is 4.74 Å². The van der Waals surface area contributed by atoms with E-state index in [0.717, 1.165) is 4.21 Å². The van der Waals surface area contributed by atoms with Crippen molar-refractivity contribution in [2.24, 2.45) is 0 Å². The molecule has 0 aliphatic heterocycles. The Kier molecular flexibility index (Phi) is 3.95. The Hall–Kier alpha value is -0.550. The van der Waals surface area contributed by atoms with Gasteiger partial charge in [0.25, 0.3) is 0 Å². The quantitative estimate of drug-likeness (QED) is 0.588. The van der Waals surface area contributed by atoms with E-state index in [1.54, 1.807) is 13.1 Å². The Labute approximate surface area is 91.9 Å². The molecular weight excluding hydrogens is 218 g/mol. The molecule has 1 radical (unpaired) electrons. The van der Waals surface area contributed by atoms with E-state index in [2.05, 4.69) is 10.5 Å². The number of hydrogen-bond donors (Lipinski definition) is 0. The second-order valence-electron chi connectivity index (χ2n) is 3.10. The van der Waals surface area contributed by atoms with Crippen LogP contribution in [0.15, 0.2) is 10.4 Å². The molecule has 1 rings (SSSR count). The van der Waals surface area contributed by atoms with E-state index in [1.165, 1.54) is 23.1 Å². The van der Waals surface area contributed by atoms with Crippen LogP contribution in [0.2, 0.25) is 0 Å². The van der Waals surface area contributed by atoms with Crippen molar-refractivity contribution in [2.45, 2.75) is 29.7 Å². The van der Waals surface area contributed by atoms with E-state index in [1.807, 2.05) is 13.8 Å². The number of carbonyl (C=O) groups excluding carboxylic acids is 1. The minimum absolute atomic E-state index is 0.196. The Balaban J connectivity index is 2.61. The zero-order valence-corrected chi connectivity index (χ0v) is 10.00. The van der Waals surface area contributed by atoms with Gasteiger partial charge < -0.3 is 4.74 Å². The van der Waals surface area contributed by atoms with E-state index < -0.39 is 4.75 Å². The van der Waals surface area contributed by atoms with Crippen LogP contribution in [-0.4, -0.2) is 22.3 Å². The van der Waals surface area contributed by atoms with Gasteiger partial charge in [-0.25, -0.2) is 4.98 Å². The SMILES string of the molecule is CCOC(=O)C(C)(C)Sc1cn[c]s1. The number of aromatic nitrogens is 1. The van der Waals surface area contributed by atoms with Gasteiger partial charge in [0.2, 0.25) is 0 Å². The molecule has 0 aliphatic carbocycles. The van der Waals surface area contributed by atoms with Crippen LogP contribution < -0.4 is 0 Å². The van der Waals surface area contributed by atoms with E-state index in [0.29, 0.717) is 6.61 Å². The summed E-state index contributed by atoms with van der Waals surface area (Å²) in [4.78, 5) is 15.4. The van der Waals surface area contributed by atoms with Crippen molar-refractivity contribution < 1.29 is 9.53 Å². The molecule has 14 heavy (non-hydrogen) atoms. The monoisotopic (exact) mass is 230 g/mol. The summed E-state index contributed by atoms with van der Waals surface area (Å²) in [6, 6.07) is 0. The maximum Gasteiger partial charge on any atom is 0.322 e. The summed E-state index contributed by atoms with van der Waals surface area (Å²) in [6.07, 6.45) is 1.70. The molecule has 1 aromatic heterocycles. The van der Waals surface area contributed by atoms with Crippen molar-refractivity contribution in [1.29, 1.82) is 0 Å². The van der Waals surface area contributed by atoms with Crippen LogP contribution >= 0.6 is 23.1 Å². The van der Waals surface area contributed by atoms with Gasteiger partial charge in [0.15, 0.2) is 5.51 Å². The molecular formula is C9H12NO2S2. The molecule has 0 saturated heterocycles. The first kappa shape index (κ1) is 11.5. The summed E-state index contributed by atoms with van der Waals surface area (Å²) in [7, 11) is 0. The summed E-state index contributed by atoms with van der Waals surface area (Å²) in [6.45, 7) is 5.90. The van der Waals surface area contributed by atoms with Crippen molar-refractivity contribution in [3.8, 4) is 0 Å². The van der Waals surface area contributed by atoms with Crippen LogP contribution in [0, 0.1) is 5.51 Å². The lowest BCUT2D eigenvalue weighted by molar-refractivity contribution is -0.145. The Morgan fingerprint density at radius 3 is 3.00 bits per heavy atom. The third kappa shape index (κ3) is 2.99. The second kappa shape index (κ2) is 4.79. The van der Waals surface area contributed by atoms with Crippen LogP contribution in [0.4, 0.5) is 0 Å². The zero-order valence-electron chi connectivity index (χ0n) is 8.36. The standard InChI is InChI=1S/C9H12NO2S2/c1-4-12-8(11)9(2,3)14-7-5-10-6-13-7/h5H,4H2,1-3H3. The van der Waals surface area contributed by atoms with Gasteiger partial charge >= 0.3 is 5.97 Å². The lowest BCUT2D eigenvalue weighted by atomic mass is 10.2. The largest absolute Gasteiger partial charge is 0.465 e. The van der Waals surface area contributed by atoms with Gasteiger partial charge in [0.05, 0.1) is 17.0 Å². The van der Waals surface area contributed by atoms with Gasteiger partial charge in [0.1, 0.15) is 4.75 Å². The number of carbonyl (C=O) groups is 1. The molecule has 0 unspecified atom stereocenters. The van der Waals surface area contributed by atoms with Crippen LogP contribution in [0.1, 0.15) is 20.8 Å².